The number of thiazole rings is 1. The van der Waals surface area contributed by atoms with E-state index in [0.29, 0.717) is 11.1 Å². The van der Waals surface area contributed by atoms with Gasteiger partial charge in [0.15, 0.2) is 10.1 Å². The molecule has 0 aliphatic rings. The van der Waals surface area contributed by atoms with E-state index in [2.05, 4.69) is 30.2 Å². The summed E-state index contributed by atoms with van der Waals surface area (Å²) in [5.41, 5.74) is 1.81. The summed E-state index contributed by atoms with van der Waals surface area (Å²) in [5, 5.41) is 15.1. The third kappa shape index (κ3) is 2.92. The Morgan fingerprint density at radius 1 is 1.58 bits per heavy atom. The van der Waals surface area contributed by atoms with Crippen LogP contribution in [0.2, 0.25) is 5.15 Å². The van der Waals surface area contributed by atoms with E-state index in [-0.39, 0.29) is 0 Å². The molecule has 0 bridgehead atoms. The first-order valence-corrected chi connectivity index (χ1v) is 7.55. The highest BCUT2D eigenvalue weighted by molar-refractivity contribution is 7.15. The van der Waals surface area contributed by atoms with Crippen LogP contribution in [0.3, 0.4) is 0 Å². The number of aromatic nitrogens is 2. The summed E-state index contributed by atoms with van der Waals surface area (Å²) in [4.78, 5) is 5.14. The fraction of sp³-hybridized carbons (Fsp3) is 0.538. The molecule has 0 fully saturated rings. The normalized spacial score (nSPS) is 13.1. The van der Waals surface area contributed by atoms with Gasteiger partial charge >= 0.3 is 0 Å². The van der Waals surface area contributed by atoms with Gasteiger partial charge in [0.25, 0.3) is 0 Å². The molecule has 0 aliphatic heterocycles. The van der Waals surface area contributed by atoms with Gasteiger partial charge in [-0.1, -0.05) is 25.4 Å². The van der Waals surface area contributed by atoms with Crippen LogP contribution in [0, 0.1) is 24.2 Å². The third-order valence-electron chi connectivity index (χ3n) is 3.00. The van der Waals surface area contributed by atoms with Crippen molar-refractivity contribution in [1.82, 2.24) is 14.7 Å². The van der Waals surface area contributed by atoms with E-state index >= 15 is 0 Å². The minimum atomic E-state index is -0.422. The van der Waals surface area contributed by atoms with Crippen molar-refractivity contribution in [1.29, 1.82) is 5.26 Å². The monoisotopic (exact) mass is 296 g/mol. The smallest absolute Gasteiger partial charge is 0.195 e. The number of fused-ring (bicyclic) bond motifs is 1. The standard InChI is InChI=1S/C13H17ClN4S/c1-8(2)4-5-16-10(6-15)11-12(14)17-13-18(11)9(3)7-19-13/h7-8,10,16H,4-5H2,1-3H3. The van der Waals surface area contributed by atoms with Crippen LogP contribution >= 0.6 is 22.9 Å². The van der Waals surface area contributed by atoms with Gasteiger partial charge in [-0.05, 0) is 25.8 Å². The number of nitrogens with zero attached hydrogens (tertiary/aromatic N) is 3. The maximum Gasteiger partial charge on any atom is 0.195 e. The topological polar surface area (TPSA) is 53.1 Å². The molecule has 0 aromatic carbocycles. The van der Waals surface area contributed by atoms with Gasteiger partial charge in [0.05, 0.1) is 11.8 Å². The largest absolute Gasteiger partial charge is 0.297 e. The van der Waals surface area contributed by atoms with Gasteiger partial charge in [-0.25, -0.2) is 4.98 Å². The van der Waals surface area contributed by atoms with Gasteiger partial charge in [0, 0.05) is 11.1 Å². The quantitative estimate of drug-likeness (QED) is 0.918. The molecule has 0 saturated carbocycles. The molecule has 2 aromatic heterocycles. The summed E-state index contributed by atoms with van der Waals surface area (Å²) >= 11 is 7.72. The van der Waals surface area contributed by atoms with Crippen LogP contribution in [0.1, 0.15) is 37.7 Å². The van der Waals surface area contributed by atoms with E-state index in [1.54, 1.807) is 0 Å². The summed E-state index contributed by atoms with van der Waals surface area (Å²) in [6, 6.07) is 1.85. The Hall–Kier alpha value is -1.09. The Bertz CT molecular complexity index is 608. The van der Waals surface area contributed by atoms with Crippen molar-refractivity contribution in [2.75, 3.05) is 6.54 Å². The van der Waals surface area contributed by atoms with E-state index in [1.165, 1.54) is 11.3 Å². The number of halogens is 1. The van der Waals surface area contributed by atoms with Crippen LogP contribution in [0.5, 0.6) is 0 Å². The second kappa shape index (κ2) is 5.91. The number of hydrogen-bond acceptors (Lipinski definition) is 4. The minimum Gasteiger partial charge on any atom is -0.297 e. The molecule has 4 nitrogen and oxygen atoms in total. The lowest BCUT2D eigenvalue weighted by Crippen LogP contribution is -2.23. The van der Waals surface area contributed by atoms with Gasteiger partial charge in [0.1, 0.15) is 6.04 Å². The second-order valence-corrected chi connectivity index (χ2v) is 6.18. The highest BCUT2D eigenvalue weighted by Gasteiger charge is 2.22. The first-order valence-electron chi connectivity index (χ1n) is 6.29. The van der Waals surface area contributed by atoms with E-state index in [1.807, 2.05) is 16.7 Å². The predicted molar refractivity (Wildman–Crippen MR) is 78.6 cm³/mol. The number of aryl methyl sites for hydroxylation is 1. The van der Waals surface area contributed by atoms with Crippen molar-refractivity contribution in [3.8, 4) is 6.07 Å². The zero-order chi connectivity index (χ0) is 14.0. The molecule has 2 rings (SSSR count). The van der Waals surface area contributed by atoms with E-state index in [0.717, 1.165) is 29.3 Å². The number of hydrogen-bond donors (Lipinski definition) is 1. The molecule has 0 radical (unpaired) electrons. The van der Waals surface area contributed by atoms with Crippen LogP contribution in [-0.4, -0.2) is 15.9 Å². The highest BCUT2D eigenvalue weighted by atomic mass is 35.5. The van der Waals surface area contributed by atoms with Crippen LogP contribution in [-0.2, 0) is 0 Å². The van der Waals surface area contributed by atoms with Gasteiger partial charge in [-0.2, -0.15) is 5.26 Å². The molecule has 0 saturated heterocycles. The minimum absolute atomic E-state index is 0.415. The summed E-state index contributed by atoms with van der Waals surface area (Å²) in [5.74, 6) is 0.607. The first kappa shape index (κ1) is 14.3. The van der Waals surface area contributed by atoms with Crippen molar-refractivity contribution in [3.63, 3.8) is 0 Å². The van der Waals surface area contributed by atoms with Crippen LogP contribution in [0.4, 0.5) is 0 Å². The fourth-order valence-electron chi connectivity index (χ4n) is 1.97. The highest BCUT2D eigenvalue weighted by Crippen LogP contribution is 2.28. The summed E-state index contributed by atoms with van der Waals surface area (Å²) in [6.45, 7) is 7.11. The molecule has 102 valence electrons. The Kier molecular flexibility index (Phi) is 4.46. The van der Waals surface area contributed by atoms with Crippen molar-refractivity contribution < 1.29 is 0 Å². The van der Waals surface area contributed by atoms with Gasteiger partial charge < -0.3 is 0 Å². The molecule has 0 aliphatic carbocycles. The maximum absolute atomic E-state index is 9.37. The number of nitriles is 1. The zero-order valence-corrected chi connectivity index (χ0v) is 12.8. The van der Waals surface area contributed by atoms with Crippen molar-refractivity contribution >= 4 is 27.9 Å². The molecule has 2 heterocycles. The summed E-state index contributed by atoms with van der Waals surface area (Å²) in [7, 11) is 0. The van der Waals surface area contributed by atoms with Crippen molar-refractivity contribution in [2.45, 2.75) is 33.2 Å². The predicted octanol–water partition coefficient (Wildman–Crippen LogP) is 3.56. The summed E-state index contributed by atoms with van der Waals surface area (Å²) in [6.07, 6.45) is 1.03. The molecule has 0 spiro atoms. The molecule has 1 unspecified atom stereocenters. The summed E-state index contributed by atoms with van der Waals surface area (Å²) < 4.78 is 1.96. The lowest BCUT2D eigenvalue weighted by molar-refractivity contribution is 0.514. The van der Waals surface area contributed by atoms with Crippen LogP contribution < -0.4 is 5.32 Å². The van der Waals surface area contributed by atoms with Crippen LogP contribution in [0.15, 0.2) is 5.38 Å². The lowest BCUT2D eigenvalue weighted by Gasteiger charge is -2.13. The molecule has 0 amide bonds. The van der Waals surface area contributed by atoms with Gasteiger partial charge in [-0.15, -0.1) is 11.3 Å². The molecule has 1 atom stereocenters. The Morgan fingerprint density at radius 3 is 2.95 bits per heavy atom. The molecule has 19 heavy (non-hydrogen) atoms. The lowest BCUT2D eigenvalue weighted by atomic mass is 10.1. The molecular weight excluding hydrogens is 280 g/mol. The second-order valence-electron chi connectivity index (χ2n) is 4.98. The molecule has 2 aromatic rings. The van der Waals surface area contributed by atoms with E-state index < -0.39 is 6.04 Å². The average molecular weight is 297 g/mol. The Morgan fingerprint density at radius 2 is 2.32 bits per heavy atom. The van der Waals surface area contributed by atoms with Gasteiger partial charge in [0.2, 0.25) is 0 Å². The first-order chi connectivity index (χ1) is 9.04. The third-order valence-corrected chi connectivity index (χ3v) is 4.22. The van der Waals surface area contributed by atoms with Crippen molar-refractivity contribution in [3.05, 3.63) is 21.9 Å². The molecule has 6 heteroatoms. The van der Waals surface area contributed by atoms with Crippen molar-refractivity contribution in [2.24, 2.45) is 5.92 Å². The number of nitrogens with one attached hydrogen (secondary N) is 1. The van der Waals surface area contributed by atoms with Crippen LogP contribution in [0.25, 0.3) is 4.96 Å². The SMILES string of the molecule is Cc1csc2nc(Cl)c(C(C#N)NCCC(C)C)n12. The molecular formula is C13H17ClN4S. The van der Waals surface area contributed by atoms with E-state index in [9.17, 15) is 5.26 Å². The number of imidazole rings is 1. The fourth-order valence-corrected chi connectivity index (χ4v) is 3.16. The molecule has 1 N–H and O–H groups in total. The average Bonchev–Trinajstić information content (AvgIpc) is 2.85. The van der Waals surface area contributed by atoms with E-state index in [4.69, 9.17) is 11.6 Å². The van der Waals surface area contributed by atoms with Gasteiger partial charge in [-0.3, -0.25) is 9.72 Å². The zero-order valence-electron chi connectivity index (χ0n) is 11.3. The maximum atomic E-state index is 9.37. The Labute approximate surface area is 122 Å². The Balaban J connectivity index is 2.27. The number of rotatable bonds is 5.